The third-order valence-corrected chi connectivity index (χ3v) is 6.46. The molecule has 0 aromatic heterocycles. The van der Waals surface area contributed by atoms with Crippen molar-refractivity contribution in [2.75, 3.05) is 18.5 Å². The van der Waals surface area contributed by atoms with Gasteiger partial charge in [0, 0.05) is 24.7 Å². The van der Waals surface area contributed by atoms with Gasteiger partial charge >= 0.3 is 12.2 Å². The summed E-state index contributed by atoms with van der Waals surface area (Å²) in [5.74, 6) is 0.0352. The maximum absolute atomic E-state index is 13.0. The lowest BCUT2D eigenvalue weighted by Crippen LogP contribution is -2.37. The van der Waals surface area contributed by atoms with Gasteiger partial charge < -0.3 is 14.4 Å². The van der Waals surface area contributed by atoms with E-state index in [4.69, 9.17) is 9.47 Å². The molecule has 180 valence electrons. The van der Waals surface area contributed by atoms with Crippen LogP contribution in [0.15, 0.2) is 66.7 Å². The molecule has 2 amide bonds. The molecule has 0 atom stereocenters. The molecule has 0 spiro atoms. The van der Waals surface area contributed by atoms with Crippen molar-refractivity contribution in [3.05, 3.63) is 89.0 Å². The first-order chi connectivity index (χ1) is 16.8. The minimum absolute atomic E-state index is 0.0352. The van der Waals surface area contributed by atoms with Crippen LogP contribution >= 0.6 is 0 Å². The second-order valence-corrected chi connectivity index (χ2v) is 10.1. The molecule has 0 unspecified atom stereocenters. The molecule has 1 aliphatic heterocycles. The summed E-state index contributed by atoms with van der Waals surface area (Å²) in [6.07, 6.45) is -0.0728. The molecule has 3 aromatic carbocycles. The molecule has 6 heteroatoms. The maximum atomic E-state index is 13.0. The molecule has 0 fully saturated rings. The Balaban J connectivity index is 1.24. The topological polar surface area (TPSA) is 67.9 Å². The summed E-state index contributed by atoms with van der Waals surface area (Å²) in [4.78, 5) is 26.9. The third-order valence-electron chi connectivity index (χ3n) is 6.46. The van der Waals surface area contributed by atoms with Crippen LogP contribution in [0.25, 0.3) is 11.1 Å². The standard InChI is InChI=1S/C29H30N2O4/c1-29(2,3)35-27(32)30-21-13-12-19-14-15-31(17-20(19)16-21)28(33)34-18-26-24-10-6-4-8-22(24)23-9-5-7-11-25(23)26/h4-13,16,26H,14-15,17-18H2,1-3H3,(H,30,32). The second-order valence-electron chi connectivity index (χ2n) is 10.1. The minimum Gasteiger partial charge on any atom is -0.448 e. The highest BCUT2D eigenvalue weighted by Crippen LogP contribution is 2.44. The molecule has 3 aromatic rings. The molecule has 0 radical (unpaired) electrons. The first kappa shape index (κ1) is 23.0. The first-order valence-electron chi connectivity index (χ1n) is 12.0. The van der Waals surface area contributed by atoms with Crippen LogP contribution < -0.4 is 5.32 Å². The van der Waals surface area contributed by atoms with Crippen molar-refractivity contribution in [3.63, 3.8) is 0 Å². The van der Waals surface area contributed by atoms with E-state index in [2.05, 4.69) is 29.6 Å². The average Bonchev–Trinajstić information content (AvgIpc) is 3.14. The Morgan fingerprint density at radius 2 is 1.60 bits per heavy atom. The van der Waals surface area contributed by atoms with E-state index in [1.54, 1.807) is 4.90 Å². The average molecular weight is 471 g/mol. The van der Waals surface area contributed by atoms with E-state index in [0.29, 0.717) is 25.4 Å². The number of anilines is 1. The van der Waals surface area contributed by atoms with Crippen LogP contribution in [0, 0.1) is 0 Å². The van der Waals surface area contributed by atoms with Crippen molar-refractivity contribution < 1.29 is 19.1 Å². The summed E-state index contributed by atoms with van der Waals surface area (Å²) in [7, 11) is 0. The van der Waals surface area contributed by atoms with Gasteiger partial charge in [-0.3, -0.25) is 5.32 Å². The molecular formula is C29H30N2O4. The highest BCUT2D eigenvalue weighted by molar-refractivity contribution is 5.85. The lowest BCUT2D eigenvalue weighted by atomic mass is 9.98. The summed E-state index contributed by atoms with van der Waals surface area (Å²) in [5, 5.41) is 2.78. The van der Waals surface area contributed by atoms with Gasteiger partial charge in [0.25, 0.3) is 0 Å². The van der Waals surface area contributed by atoms with Gasteiger partial charge in [-0.15, -0.1) is 0 Å². The van der Waals surface area contributed by atoms with E-state index >= 15 is 0 Å². The van der Waals surface area contributed by atoms with Gasteiger partial charge in [-0.2, -0.15) is 0 Å². The number of nitrogens with zero attached hydrogens (tertiary/aromatic N) is 1. The van der Waals surface area contributed by atoms with E-state index in [9.17, 15) is 9.59 Å². The molecule has 0 saturated heterocycles. The minimum atomic E-state index is -0.570. The Kier molecular flexibility index (Phi) is 5.97. The number of rotatable bonds is 3. The molecule has 35 heavy (non-hydrogen) atoms. The Morgan fingerprint density at radius 1 is 0.943 bits per heavy atom. The van der Waals surface area contributed by atoms with E-state index in [0.717, 1.165) is 12.0 Å². The number of carbonyl (C=O) groups excluding carboxylic acids is 2. The summed E-state index contributed by atoms with van der Waals surface area (Å²) >= 11 is 0. The van der Waals surface area contributed by atoms with Crippen molar-refractivity contribution in [3.8, 4) is 11.1 Å². The number of ether oxygens (including phenoxy) is 2. The first-order valence-corrected chi connectivity index (χ1v) is 12.0. The third kappa shape index (κ3) is 4.87. The zero-order chi connectivity index (χ0) is 24.6. The van der Waals surface area contributed by atoms with Crippen LogP contribution in [0.4, 0.5) is 15.3 Å². The maximum Gasteiger partial charge on any atom is 0.412 e. The SMILES string of the molecule is CC(C)(C)OC(=O)Nc1ccc2c(c1)CN(C(=O)OCC1c3ccccc3-c3ccccc31)CC2. The molecule has 1 aliphatic carbocycles. The largest absolute Gasteiger partial charge is 0.448 e. The Bertz CT molecular complexity index is 1230. The number of hydrogen-bond donors (Lipinski definition) is 1. The molecule has 1 N–H and O–H groups in total. The smallest absolute Gasteiger partial charge is 0.412 e. The highest BCUT2D eigenvalue weighted by atomic mass is 16.6. The van der Waals surface area contributed by atoms with Crippen molar-refractivity contribution in [2.45, 2.75) is 45.3 Å². The van der Waals surface area contributed by atoms with Crippen LogP contribution in [0.5, 0.6) is 0 Å². The van der Waals surface area contributed by atoms with E-state index in [1.165, 1.54) is 27.8 Å². The number of benzene rings is 3. The lowest BCUT2D eigenvalue weighted by Gasteiger charge is -2.29. The number of fused-ring (bicyclic) bond motifs is 4. The van der Waals surface area contributed by atoms with Gasteiger partial charge in [0.2, 0.25) is 0 Å². The Morgan fingerprint density at radius 3 is 2.26 bits per heavy atom. The van der Waals surface area contributed by atoms with E-state index in [-0.39, 0.29) is 12.0 Å². The van der Waals surface area contributed by atoms with Crippen molar-refractivity contribution in [1.82, 2.24) is 4.90 Å². The molecular weight excluding hydrogens is 440 g/mol. The van der Waals surface area contributed by atoms with Crippen LogP contribution in [-0.2, 0) is 22.4 Å². The fourth-order valence-electron chi connectivity index (χ4n) is 4.90. The fraction of sp³-hybridized carbons (Fsp3) is 0.310. The predicted molar refractivity (Wildman–Crippen MR) is 135 cm³/mol. The van der Waals surface area contributed by atoms with Gasteiger partial charge in [0.05, 0.1) is 0 Å². The van der Waals surface area contributed by atoms with E-state index < -0.39 is 11.7 Å². The zero-order valence-corrected chi connectivity index (χ0v) is 20.3. The monoisotopic (exact) mass is 470 g/mol. The molecule has 0 saturated carbocycles. The Hall–Kier alpha value is -3.80. The van der Waals surface area contributed by atoms with Gasteiger partial charge in [0.15, 0.2) is 0 Å². The van der Waals surface area contributed by atoms with Gasteiger partial charge in [-0.1, -0.05) is 54.6 Å². The van der Waals surface area contributed by atoms with Crippen LogP contribution in [-0.4, -0.2) is 35.8 Å². The van der Waals surface area contributed by atoms with E-state index in [1.807, 2.05) is 63.2 Å². The number of hydrogen-bond acceptors (Lipinski definition) is 4. The van der Waals surface area contributed by atoms with Gasteiger partial charge in [-0.05, 0) is 72.7 Å². The highest BCUT2D eigenvalue weighted by Gasteiger charge is 2.30. The van der Waals surface area contributed by atoms with Gasteiger partial charge in [-0.25, -0.2) is 9.59 Å². The second kappa shape index (κ2) is 9.10. The normalized spacial score (nSPS) is 14.5. The number of carbonyl (C=O) groups is 2. The summed E-state index contributed by atoms with van der Waals surface area (Å²) in [6, 6.07) is 22.4. The zero-order valence-electron chi connectivity index (χ0n) is 20.3. The van der Waals surface area contributed by atoms with Crippen LogP contribution in [0.2, 0.25) is 0 Å². The number of nitrogens with one attached hydrogen (secondary N) is 1. The fourth-order valence-corrected chi connectivity index (χ4v) is 4.90. The summed E-state index contributed by atoms with van der Waals surface area (Å²) < 4.78 is 11.2. The summed E-state index contributed by atoms with van der Waals surface area (Å²) in [5.41, 5.74) is 7.06. The summed E-state index contributed by atoms with van der Waals surface area (Å²) in [6.45, 7) is 6.82. The molecule has 6 nitrogen and oxygen atoms in total. The molecule has 1 heterocycles. The van der Waals surface area contributed by atoms with Crippen molar-refractivity contribution in [2.24, 2.45) is 0 Å². The molecule has 2 aliphatic rings. The quantitative estimate of drug-likeness (QED) is 0.485. The predicted octanol–water partition coefficient (Wildman–Crippen LogP) is 6.34. The van der Waals surface area contributed by atoms with Crippen LogP contribution in [0.3, 0.4) is 0 Å². The van der Waals surface area contributed by atoms with Crippen LogP contribution in [0.1, 0.15) is 48.9 Å². The van der Waals surface area contributed by atoms with Gasteiger partial charge in [0.1, 0.15) is 12.2 Å². The van der Waals surface area contributed by atoms with Crippen molar-refractivity contribution >= 4 is 17.9 Å². The Labute approximate surface area is 205 Å². The lowest BCUT2D eigenvalue weighted by molar-refractivity contribution is 0.0635. The number of amides is 2. The van der Waals surface area contributed by atoms with Crippen molar-refractivity contribution in [1.29, 1.82) is 0 Å². The molecule has 5 rings (SSSR count). The molecule has 0 bridgehead atoms.